The molecule has 1 saturated carbocycles. The van der Waals surface area contributed by atoms with Gasteiger partial charge in [-0.3, -0.25) is 4.79 Å². The number of benzene rings is 1. The summed E-state index contributed by atoms with van der Waals surface area (Å²) in [7, 11) is 0. The highest BCUT2D eigenvalue weighted by Gasteiger charge is 2.51. The molecule has 2 atom stereocenters. The molecule has 1 aromatic rings. The van der Waals surface area contributed by atoms with Gasteiger partial charge in [0, 0.05) is 17.4 Å². The highest BCUT2D eigenvalue weighted by Crippen LogP contribution is 2.58. The number of allylic oxidation sites excluding steroid dienone is 2. The second kappa shape index (κ2) is 4.09. The summed E-state index contributed by atoms with van der Waals surface area (Å²) in [5.41, 5.74) is 5.71. The van der Waals surface area contributed by atoms with Crippen molar-refractivity contribution >= 4 is 5.78 Å². The summed E-state index contributed by atoms with van der Waals surface area (Å²) in [5, 5.41) is 0. The SMILES string of the molecule is CC(C)(C)c1ccc2c(c1)C(=O)CCC21CC2=CCC1C2. The van der Waals surface area contributed by atoms with Crippen molar-refractivity contribution in [2.24, 2.45) is 5.92 Å². The first-order valence-electron chi connectivity index (χ1n) is 8.26. The Morgan fingerprint density at radius 1 is 1.24 bits per heavy atom. The molecule has 0 aliphatic heterocycles. The van der Waals surface area contributed by atoms with Gasteiger partial charge in [-0.1, -0.05) is 44.6 Å². The lowest BCUT2D eigenvalue weighted by molar-refractivity contribution is 0.0939. The van der Waals surface area contributed by atoms with Gasteiger partial charge in [0.1, 0.15) is 0 Å². The molecule has 3 aliphatic rings. The Bertz CT molecular complexity index is 659. The average Bonchev–Trinajstić information content (AvgIpc) is 3.03. The third-order valence-electron chi connectivity index (χ3n) is 6.04. The number of hydrogen-bond acceptors (Lipinski definition) is 1. The van der Waals surface area contributed by atoms with E-state index in [1.165, 1.54) is 30.4 Å². The fourth-order valence-electron chi connectivity index (χ4n) is 4.80. The van der Waals surface area contributed by atoms with Crippen molar-refractivity contribution in [3.8, 4) is 0 Å². The molecule has 0 heterocycles. The van der Waals surface area contributed by atoms with Crippen molar-refractivity contribution in [1.29, 1.82) is 0 Å². The molecular formula is C20H24O. The van der Waals surface area contributed by atoms with E-state index >= 15 is 0 Å². The third kappa shape index (κ3) is 1.79. The van der Waals surface area contributed by atoms with E-state index < -0.39 is 0 Å². The van der Waals surface area contributed by atoms with Crippen molar-refractivity contribution in [3.05, 3.63) is 46.5 Å². The van der Waals surface area contributed by atoms with E-state index in [4.69, 9.17) is 0 Å². The van der Waals surface area contributed by atoms with E-state index in [1.54, 1.807) is 5.57 Å². The van der Waals surface area contributed by atoms with Crippen LogP contribution in [-0.2, 0) is 10.8 Å². The van der Waals surface area contributed by atoms with Crippen LogP contribution in [0.3, 0.4) is 0 Å². The topological polar surface area (TPSA) is 17.1 Å². The van der Waals surface area contributed by atoms with E-state index in [0.29, 0.717) is 5.78 Å². The summed E-state index contributed by atoms with van der Waals surface area (Å²) >= 11 is 0. The predicted molar refractivity (Wildman–Crippen MR) is 85.8 cm³/mol. The van der Waals surface area contributed by atoms with Gasteiger partial charge in [-0.05, 0) is 54.2 Å². The van der Waals surface area contributed by atoms with Crippen LogP contribution in [0.2, 0.25) is 0 Å². The number of ketones is 1. The van der Waals surface area contributed by atoms with E-state index in [0.717, 1.165) is 24.3 Å². The van der Waals surface area contributed by atoms with Crippen LogP contribution >= 0.6 is 0 Å². The van der Waals surface area contributed by atoms with E-state index in [1.807, 2.05) is 0 Å². The summed E-state index contributed by atoms with van der Waals surface area (Å²) in [6.45, 7) is 6.67. The minimum Gasteiger partial charge on any atom is -0.294 e. The molecule has 2 unspecified atom stereocenters. The Balaban J connectivity index is 1.87. The van der Waals surface area contributed by atoms with Gasteiger partial charge in [-0.25, -0.2) is 0 Å². The monoisotopic (exact) mass is 280 g/mol. The molecule has 2 bridgehead atoms. The lowest BCUT2D eigenvalue weighted by Gasteiger charge is -2.41. The molecule has 0 aromatic heterocycles. The van der Waals surface area contributed by atoms with Gasteiger partial charge in [0.15, 0.2) is 5.78 Å². The zero-order valence-electron chi connectivity index (χ0n) is 13.3. The van der Waals surface area contributed by atoms with Crippen molar-refractivity contribution in [1.82, 2.24) is 0 Å². The summed E-state index contributed by atoms with van der Waals surface area (Å²) in [6, 6.07) is 6.74. The predicted octanol–water partition coefficient (Wildman–Crippen LogP) is 4.94. The highest BCUT2D eigenvalue weighted by molar-refractivity contribution is 5.99. The maximum atomic E-state index is 12.5. The molecule has 21 heavy (non-hydrogen) atoms. The molecule has 0 N–H and O–H groups in total. The lowest BCUT2D eigenvalue weighted by Crippen LogP contribution is -2.37. The highest BCUT2D eigenvalue weighted by atomic mass is 16.1. The first-order chi connectivity index (χ1) is 9.90. The van der Waals surface area contributed by atoms with Crippen LogP contribution in [-0.4, -0.2) is 5.78 Å². The molecule has 1 nitrogen and oxygen atoms in total. The van der Waals surface area contributed by atoms with Gasteiger partial charge in [0.25, 0.3) is 0 Å². The van der Waals surface area contributed by atoms with Crippen molar-refractivity contribution in [2.75, 3.05) is 0 Å². The van der Waals surface area contributed by atoms with Crippen LogP contribution in [0, 0.1) is 5.92 Å². The fraction of sp³-hybridized carbons (Fsp3) is 0.550. The van der Waals surface area contributed by atoms with Crippen molar-refractivity contribution in [3.63, 3.8) is 0 Å². The molecule has 0 amide bonds. The van der Waals surface area contributed by atoms with Gasteiger partial charge < -0.3 is 0 Å². The van der Waals surface area contributed by atoms with Crippen LogP contribution in [0.25, 0.3) is 0 Å². The summed E-state index contributed by atoms with van der Waals surface area (Å²) in [6.07, 6.45) is 7.95. The zero-order valence-corrected chi connectivity index (χ0v) is 13.3. The van der Waals surface area contributed by atoms with Gasteiger partial charge in [-0.15, -0.1) is 0 Å². The van der Waals surface area contributed by atoms with E-state index in [9.17, 15) is 4.79 Å². The molecular weight excluding hydrogens is 256 g/mol. The van der Waals surface area contributed by atoms with E-state index in [-0.39, 0.29) is 10.8 Å². The maximum absolute atomic E-state index is 12.5. The van der Waals surface area contributed by atoms with Crippen molar-refractivity contribution < 1.29 is 4.79 Å². The largest absolute Gasteiger partial charge is 0.294 e. The Morgan fingerprint density at radius 3 is 2.67 bits per heavy atom. The van der Waals surface area contributed by atoms with Gasteiger partial charge in [0.2, 0.25) is 0 Å². The first kappa shape index (κ1) is 13.3. The Kier molecular flexibility index (Phi) is 2.59. The summed E-state index contributed by atoms with van der Waals surface area (Å²) in [4.78, 5) is 12.5. The smallest absolute Gasteiger partial charge is 0.163 e. The Morgan fingerprint density at radius 2 is 2.05 bits per heavy atom. The molecule has 110 valence electrons. The van der Waals surface area contributed by atoms with Gasteiger partial charge >= 0.3 is 0 Å². The fourth-order valence-corrected chi connectivity index (χ4v) is 4.80. The Hall–Kier alpha value is -1.37. The molecule has 4 rings (SSSR count). The minimum atomic E-state index is 0.108. The van der Waals surface area contributed by atoms with Crippen molar-refractivity contribution in [2.45, 2.75) is 63.7 Å². The molecule has 0 radical (unpaired) electrons. The maximum Gasteiger partial charge on any atom is 0.163 e. The Labute approximate surface area is 127 Å². The second-order valence-corrected chi connectivity index (χ2v) is 8.27. The zero-order chi connectivity index (χ0) is 14.8. The summed E-state index contributed by atoms with van der Waals surface area (Å²) < 4.78 is 0. The van der Waals surface area contributed by atoms with Crippen LogP contribution in [0.5, 0.6) is 0 Å². The number of fused-ring (bicyclic) bond motifs is 5. The second-order valence-electron chi connectivity index (χ2n) is 8.27. The third-order valence-corrected chi connectivity index (χ3v) is 6.04. The van der Waals surface area contributed by atoms with Gasteiger partial charge in [-0.2, -0.15) is 0 Å². The molecule has 1 fully saturated rings. The molecule has 0 saturated heterocycles. The van der Waals surface area contributed by atoms with Crippen LogP contribution in [0.15, 0.2) is 29.8 Å². The lowest BCUT2D eigenvalue weighted by atomic mass is 9.62. The first-order valence-corrected chi connectivity index (χ1v) is 8.26. The molecule has 3 aliphatic carbocycles. The molecule has 1 aromatic carbocycles. The minimum absolute atomic E-state index is 0.108. The molecule has 1 spiro atoms. The van der Waals surface area contributed by atoms with Gasteiger partial charge in [0.05, 0.1) is 0 Å². The quantitative estimate of drug-likeness (QED) is 0.615. The standard InChI is InChI=1S/C20H24O/c1-19(2,3)14-6-7-17-16(11-14)18(21)8-9-20(17)12-13-4-5-15(20)10-13/h4,6-7,11,15H,5,8-10,12H2,1-3H3. The molecule has 1 heteroatoms. The number of hydrogen-bond donors (Lipinski definition) is 0. The number of rotatable bonds is 0. The average molecular weight is 280 g/mol. The number of carbonyl (C=O) groups excluding carboxylic acids is 1. The van der Waals surface area contributed by atoms with Crippen LogP contribution < -0.4 is 0 Å². The van der Waals surface area contributed by atoms with E-state index in [2.05, 4.69) is 45.0 Å². The van der Waals surface area contributed by atoms with Crippen LogP contribution in [0.4, 0.5) is 0 Å². The number of carbonyl (C=O) groups is 1. The summed E-state index contributed by atoms with van der Waals surface area (Å²) in [5.74, 6) is 1.11. The number of Topliss-reactive ketones (excluding diaryl/α,β-unsaturated/α-hetero) is 1. The van der Waals surface area contributed by atoms with Crippen LogP contribution in [0.1, 0.15) is 74.4 Å². The normalized spacial score (nSPS) is 30.7.